The van der Waals surface area contributed by atoms with E-state index in [1.807, 2.05) is 17.7 Å². The van der Waals surface area contributed by atoms with Crippen LogP contribution in [0.5, 0.6) is 0 Å². The maximum atomic E-state index is 12.6. The number of nitrogens with one attached hydrogen (secondary N) is 1. The van der Waals surface area contributed by atoms with Crippen molar-refractivity contribution in [2.75, 3.05) is 32.8 Å². The van der Waals surface area contributed by atoms with Crippen LogP contribution in [-0.4, -0.2) is 65.2 Å². The van der Waals surface area contributed by atoms with E-state index in [0.29, 0.717) is 51.5 Å². The number of carbonyl (C=O) groups is 2. The van der Waals surface area contributed by atoms with Gasteiger partial charge in [0.05, 0.1) is 19.7 Å². The van der Waals surface area contributed by atoms with Crippen LogP contribution in [0.2, 0.25) is 0 Å². The summed E-state index contributed by atoms with van der Waals surface area (Å²) in [5.74, 6) is 1.30. The van der Waals surface area contributed by atoms with E-state index < -0.39 is 11.7 Å². The molecule has 1 spiro atoms. The minimum Gasteiger partial charge on any atom is -0.465 e. The Morgan fingerprint density at radius 1 is 1.37 bits per heavy atom. The third-order valence-electron chi connectivity index (χ3n) is 5.73. The van der Waals surface area contributed by atoms with Crippen molar-refractivity contribution < 1.29 is 19.1 Å². The molecule has 0 radical (unpaired) electrons. The van der Waals surface area contributed by atoms with Gasteiger partial charge in [0.15, 0.2) is 6.10 Å². The molecule has 1 aliphatic carbocycles. The van der Waals surface area contributed by atoms with Crippen molar-refractivity contribution in [1.82, 2.24) is 19.8 Å². The highest BCUT2D eigenvalue weighted by Crippen LogP contribution is 2.40. The first-order valence-electron chi connectivity index (χ1n) is 9.95. The Hall–Kier alpha value is -1.93. The van der Waals surface area contributed by atoms with Crippen LogP contribution in [0.15, 0.2) is 12.4 Å². The molecule has 148 valence electrons. The number of likely N-dealkylation sites (tertiary alicyclic amines) is 1. The summed E-state index contributed by atoms with van der Waals surface area (Å²) in [6.07, 6.45) is 7.02. The molecule has 1 unspecified atom stereocenters. The molecule has 3 heterocycles. The second-order valence-electron chi connectivity index (χ2n) is 7.77. The Morgan fingerprint density at radius 2 is 2.15 bits per heavy atom. The number of rotatable bonds is 6. The van der Waals surface area contributed by atoms with E-state index in [0.717, 1.165) is 12.4 Å². The molecule has 3 aliphatic rings. The summed E-state index contributed by atoms with van der Waals surface area (Å²) in [7, 11) is 0. The van der Waals surface area contributed by atoms with Gasteiger partial charge < -0.3 is 19.4 Å². The summed E-state index contributed by atoms with van der Waals surface area (Å²) in [6.45, 7) is 5.17. The number of ether oxygens (including phenoxy) is 2. The average molecular weight is 376 g/mol. The highest BCUT2D eigenvalue weighted by molar-refractivity contribution is 5.81. The molecule has 4 rings (SSSR count). The van der Waals surface area contributed by atoms with E-state index in [9.17, 15) is 9.59 Å². The lowest BCUT2D eigenvalue weighted by Gasteiger charge is -2.45. The minimum atomic E-state index is -0.561. The van der Waals surface area contributed by atoms with E-state index in [1.54, 1.807) is 6.20 Å². The lowest BCUT2D eigenvalue weighted by Crippen LogP contribution is -2.54. The van der Waals surface area contributed by atoms with Crippen molar-refractivity contribution in [2.45, 2.75) is 50.9 Å². The largest absolute Gasteiger partial charge is 0.465 e. The smallest absolute Gasteiger partial charge is 0.320 e. The summed E-state index contributed by atoms with van der Waals surface area (Å²) < 4.78 is 13.5. The number of hydrogen-bond acceptors (Lipinski definition) is 6. The fraction of sp³-hybridized carbons (Fsp3) is 0.737. The van der Waals surface area contributed by atoms with Gasteiger partial charge in [-0.2, -0.15) is 0 Å². The summed E-state index contributed by atoms with van der Waals surface area (Å²) in [6, 6.07) is 0. The Labute approximate surface area is 159 Å². The number of amides is 1. The van der Waals surface area contributed by atoms with Crippen LogP contribution in [0.1, 0.15) is 38.4 Å². The third-order valence-corrected chi connectivity index (χ3v) is 5.73. The molecule has 1 aromatic rings. The summed E-state index contributed by atoms with van der Waals surface area (Å²) in [4.78, 5) is 31.0. The lowest BCUT2D eigenvalue weighted by molar-refractivity contribution is -0.174. The van der Waals surface area contributed by atoms with Crippen LogP contribution >= 0.6 is 0 Å². The van der Waals surface area contributed by atoms with Gasteiger partial charge in [-0.15, -0.1) is 0 Å². The molecule has 1 N–H and O–H groups in total. The van der Waals surface area contributed by atoms with Crippen LogP contribution in [-0.2, 0) is 31.2 Å². The van der Waals surface area contributed by atoms with Gasteiger partial charge in [0.25, 0.3) is 5.91 Å². The standard InChI is InChI=1S/C19H28N4O4/c1-2-26-16(24)13-22-8-5-19(6-9-22)18-20-7-10-23(18)12-15(27-19)17(25)21-11-14-3-4-14/h7,10,14-15H,2-6,8-9,11-13H2,1H3,(H,21,25). The molecule has 1 atom stereocenters. The van der Waals surface area contributed by atoms with Crippen molar-refractivity contribution in [3.05, 3.63) is 18.2 Å². The van der Waals surface area contributed by atoms with Crippen molar-refractivity contribution in [2.24, 2.45) is 5.92 Å². The first-order chi connectivity index (χ1) is 13.1. The number of imidazole rings is 1. The molecule has 2 aliphatic heterocycles. The first kappa shape index (κ1) is 18.4. The van der Waals surface area contributed by atoms with E-state index in [4.69, 9.17) is 9.47 Å². The molecular weight excluding hydrogens is 348 g/mol. The quantitative estimate of drug-likeness (QED) is 0.735. The Morgan fingerprint density at radius 3 is 2.85 bits per heavy atom. The zero-order valence-corrected chi connectivity index (χ0v) is 15.9. The molecule has 0 aromatic carbocycles. The van der Waals surface area contributed by atoms with Crippen molar-refractivity contribution >= 4 is 11.9 Å². The van der Waals surface area contributed by atoms with Gasteiger partial charge in [-0.3, -0.25) is 14.5 Å². The normalized spacial score (nSPS) is 24.4. The molecule has 8 nitrogen and oxygen atoms in total. The van der Waals surface area contributed by atoms with E-state index in [2.05, 4.69) is 15.2 Å². The average Bonchev–Trinajstić information content (AvgIpc) is 3.36. The summed E-state index contributed by atoms with van der Waals surface area (Å²) in [5, 5.41) is 3.04. The topological polar surface area (TPSA) is 85.7 Å². The van der Waals surface area contributed by atoms with Gasteiger partial charge >= 0.3 is 5.97 Å². The Kier molecular flexibility index (Phi) is 5.19. The molecule has 27 heavy (non-hydrogen) atoms. The summed E-state index contributed by atoms with van der Waals surface area (Å²) >= 11 is 0. The zero-order valence-electron chi connectivity index (χ0n) is 15.9. The van der Waals surface area contributed by atoms with Crippen LogP contribution in [0, 0.1) is 5.92 Å². The zero-order chi connectivity index (χ0) is 18.9. The molecule has 1 amide bonds. The van der Waals surface area contributed by atoms with Crippen LogP contribution < -0.4 is 5.32 Å². The molecule has 8 heteroatoms. The molecule has 1 saturated carbocycles. The predicted octanol–water partition coefficient (Wildman–Crippen LogP) is 0.662. The lowest BCUT2D eigenvalue weighted by atomic mass is 9.88. The molecule has 1 aromatic heterocycles. The van der Waals surface area contributed by atoms with Gasteiger partial charge in [0.1, 0.15) is 11.4 Å². The molecule has 0 bridgehead atoms. The molecule has 1 saturated heterocycles. The number of fused-ring (bicyclic) bond motifs is 2. The first-order valence-corrected chi connectivity index (χ1v) is 9.95. The van der Waals surface area contributed by atoms with E-state index in [1.165, 1.54) is 12.8 Å². The van der Waals surface area contributed by atoms with Gasteiger partial charge in [-0.25, -0.2) is 4.98 Å². The number of aromatic nitrogens is 2. The monoisotopic (exact) mass is 376 g/mol. The number of esters is 1. The van der Waals surface area contributed by atoms with Gasteiger partial charge in [-0.05, 0) is 38.5 Å². The Balaban J connectivity index is 1.42. The maximum Gasteiger partial charge on any atom is 0.320 e. The maximum absolute atomic E-state index is 12.6. The van der Waals surface area contributed by atoms with Crippen LogP contribution in [0.3, 0.4) is 0 Å². The van der Waals surface area contributed by atoms with E-state index >= 15 is 0 Å². The number of hydrogen-bond donors (Lipinski definition) is 1. The van der Waals surface area contributed by atoms with Gasteiger partial charge in [-0.1, -0.05) is 0 Å². The second-order valence-corrected chi connectivity index (χ2v) is 7.77. The Bertz CT molecular complexity index is 692. The van der Waals surface area contributed by atoms with Gasteiger partial charge in [0.2, 0.25) is 0 Å². The fourth-order valence-electron chi connectivity index (χ4n) is 4.02. The minimum absolute atomic E-state index is 0.0328. The van der Waals surface area contributed by atoms with Crippen LogP contribution in [0.25, 0.3) is 0 Å². The summed E-state index contributed by atoms with van der Waals surface area (Å²) in [5.41, 5.74) is -0.561. The highest BCUT2D eigenvalue weighted by Gasteiger charge is 2.47. The second kappa shape index (κ2) is 7.59. The van der Waals surface area contributed by atoms with Crippen molar-refractivity contribution in [1.29, 1.82) is 0 Å². The van der Waals surface area contributed by atoms with E-state index in [-0.39, 0.29) is 11.9 Å². The van der Waals surface area contributed by atoms with Crippen LogP contribution in [0.4, 0.5) is 0 Å². The van der Waals surface area contributed by atoms with Crippen molar-refractivity contribution in [3.63, 3.8) is 0 Å². The fourth-order valence-corrected chi connectivity index (χ4v) is 4.02. The third kappa shape index (κ3) is 4.01. The predicted molar refractivity (Wildman–Crippen MR) is 96.8 cm³/mol. The number of piperidine rings is 1. The number of carbonyl (C=O) groups excluding carboxylic acids is 2. The highest BCUT2D eigenvalue weighted by atomic mass is 16.5. The van der Waals surface area contributed by atoms with Gasteiger partial charge in [0, 0.05) is 32.0 Å². The molecular formula is C19H28N4O4. The molecule has 2 fully saturated rings. The SMILES string of the molecule is CCOC(=O)CN1CCC2(CC1)OC(C(=O)NCC1CC1)Cn1ccnc12. The number of nitrogens with zero attached hydrogens (tertiary/aromatic N) is 3. The van der Waals surface area contributed by atoms with Crippen molar-refractivity contribution in [3.8, 4) is 0 Å².